The van der Waals surface area contributed by atoms with Crippen LogP contribution in [0.2, 0.25) is 0 Å². The van der Waals surface area contributed by atoms with Gasteiger partial charge in [-0.05, 0) is 39.8 Å². The van der Waals surface area contributed by atoms with Crippen LogP contribution in [-0.4, -0.2) is 46.8 Å². The molecule has 6 aromatic rings. The van der Waals surface area contributed by atoms with Gasteiger partial charge in [-0.25, -0.2) is 0 Å². The first-order valence-corrected chi connectivity index (χ1v) is 16.7. The van der Waals surface area contributed by atoms with E-state index in [2.05, 4.69) is 0 Å². The van der Waals surface area contributed by atoms with Crippen LogP contribution < -0.4 is 0 Å². The maximum absolute atomic E-state index is 11.3. The molecule has 3 unspecified atom stereocenters. The minimum Gasteiger partial charge on any atom is -0.390 e. The minimum absolute atomic E-state index is 0.0771. The summed E-state index contributed by atoms with van der Waals surface area (Å²) in [5, 5.41) is 33.8. The van der Waals surface area contributed by atoms with E-state index in [9.17, 15) is 15.3 Å². The Kier molecular flexibility index (Phi) is 11.1. The van der Waals surface area contributed by atoms with Crippen molar-refractivity contribution in [3.05, 3.63) is 215 Å². The van der Waals surface area contributed by atoms with E-state index in [1.54, 1.807) is 0 Å². The summed E-state index contributed by atoms with van der Waals surface area (Å²) < 4.78 is 13.5. The van der Waals surface area contributed by atoms with E-state index in [0.717, 1.165) is 33.4 Å². The van der Waals surface area contributed by atoms with Crippen LogP contribution in [0.15, 0.2) is 182 Å². The lowest BCUT2D eigenvalue weighted by Crippen LogP contribution is -2.44. The van der Waals surface area contributed by atoms with Crippen LogP contribution in [0.3, 0.4) is 0 Å². The molecule has 0 aliphatic heterocycles. The Morgan fingerprint density at radius 1 is 0.367 bits per heavy atom. The van der Waals surface area contributed by atoms with Gasteiger partial charge in [-0.2, -0.15) is 0 Å². The molecule has 0 fully saturated rings. The Labute approximate surface area is 288 Å². The fourth-order valence-electron chi connectivity index (χ4n) is 6.61. The fourth-order valence-corrected chi connectivity index (χ4v) is 6.61. The molecule has 6 aromatic carbocycles. The van der Waals surface area contributed by atoms with E-state index in [1.807, 2.05) is 182 Å². The second-order valence-corrected chi connectivity index (χ2v) is 12.1. The lowest BCUT2D eigenvalue weighted by molar-refractivity contribution is -0.117. The number of rotatable bonds is 15. The summed E-state index contributed by atoms with van der Waals surface area (Å²) in [6.45, 7) is -0.133. The molecule has 248 valence electrons. The maximum atomic E-state index is 11.3. The van der Waals surface area contributed by atoms with E-state index in [1.165, 1.54) is 0 Å². The van der Waals surface area contributed by atoms with Crippen molar-refractivity contribution in [3.63, 3.8) is 0 Å². The molecule has 0 spiro atoms. The van der Waals surface area contributed by atoms with E-state index in [4.69, 9.17) is 9.47 Å². The Morgan fingerprint density at radius 2 is 0.633 bits per heavy atom. The number of hydrogen-bond donors (Lipinski definition) is 3. The predicted octanol–water partition coefficient (Wildman–Crippen LogP) is 7.48. The van der Waals surface area contributed by atoms with Gasteiger partial charge >= 0.3 is 0 Å². The molecule has 3 atom stereocenters. The van der Waals surface area contributed by atoms with Gasteiger partial charge in [-0.3, -0.25) is 0 Å². The number of hydrogen-bond acceptors (Lipinski definition) is 5. The summed E-state index contributed by atoms with van der Waals surface area (Å²) in [5.41, 5.74) is 3.42. The quantitative estimate of drug-likeness (QED) is 0.101. The molecule has 6 rings (SSSR count). The zero-order valence-corrected chi connectivity index (χ0v) is 27.3. The smallest absolute Gasteiger partial charge is 0.143 e. The van der Waals surface area contributed by atoms with Crippen LogP contribution in [0.25, 0.3) is 0 Å². The second-order valence-electron chi connectivity index (χ2n) is 12.1. The molecule has 49 heavy (non-hydrogen) atoms. The zero-order chi connectivity index (χ0) is 33.9. The highest BCUT2D eigenvalue weighted by Crippen LogP contribution is 2.42. The molecule has 0 saturated heterocycles. The van der Waals surface area contributed by atoms with Gasteiger partial charge in [0.25, 0.3) is 0 Å². The van der Waals surface area contributed by atoms with Crippen molar-refractivity contribution in [3.8, 4) is 0 Å². The highest BCUT2D eigenvalue weighted by atomic mass is 16.5. The van der Waals surface area contributed by atoms with Gasteiger partial charge < -0.3 is 24.8 Å². The molecule has 0 amide bonds. The topological polar surface area (TPSA) is 79.2 Å². The van der Waals surface area contributed by atoms with Crippen LogP contribution in [0.4, 0.5) is 0 Å². The van der Waals surface area contributed by atoms with Crippen LogP contribution in [0.1, 0.15) is 39.8 Å². The number of aliphatic hydroxyl groups is 3. The lowest BCUT2D eigenvalue weighted by Gasteiger charge is -2.37. The van der Waals surface area contributed by atoms with Crippen molar-refractivity contribution in [2.75, 3.05) is 13.2 Å². The average molecular weight is 651 g/mol. The number of benzene rings is 6. The maximum Gasteiger partial charge on any atom is 0.143 e. The van der Waals surface area contributed by atoms with Gasteiger partial charge in [0.05, 0.1) is 19.3 Å². The predicted molar refractivity (Wildman–Crippen MR) is 193 cm³/mol. The summed E-state index contributed by atoms with van der Waals surface area (Å²) >= 11 is 0. The summed E-state index contributed by atoms with van der Waals surface area (Å²) in [7, 11) is 0. The zero-order valence-electron chi connectivity index (χ0n) is 27.3. The molecule has 0 aliphatic rings. The first-order chi connectivity index (χ1) is 24.1. The molecule has 3 N–H and O–H groups in total. The van der Waals surface area contributed by atoms with Crippen molar-refractivity contribution in [1.82, 2.24) is 0 Å². The van der Waals surface area contributed by atoms with Crippen LogP contribution in [0, 0.1) is 0 Å². The van der Waals surface area contributed by atoms with Crippen molar-refractivity contribution in [2.45, 2.75) is 35.9 Å². The SMILES string of the molecule is OC(CCOC(c1ccccc1)(c1ccccc1)c1ccccc1)C(O)C(O)COC(c1ccccc1)(c1ccccc1)c1ccccc1. The van der Waals surface area contributed by atoms with E-state index >= 15 is 0 Å². The summed E-state index contributed by atoms with van der Waals surface area (Å²) in [6.07, 6.45) is -4.07. The molecular weight excluding hydrogens is 608 g/mol. The van der Waals surface area contributed by atoms with Crippen LogP contribution >= 0.6 is 0 Å². The summed E-state index contributed by atoms with van der Waals surface area (Å²) in [4.78, 5) is 0. The first-order valence-electron chi connectivity index (χ1n) is 16.7. The molecular formula is C44H42O5. The van der Waals surface area contributed by atoms with Crippen LogP contribution in [-0.2, 0) is 20.7 Å². The molecule has 0 aromatic heterocycles. The molecule has 0 bridgehead atoms. The second kappa shape index (κ2) is 16.0. The number of aliphatic hydroxyl groups excluding tert-OH is 3. The van der Waals surface area contributed by atoms with Gasteiger partial charge in [-0.1, -0.05) is 182 Å². The van der Waals surface area contributed by atoms with Crippen molar-refractivity contribution in [2.24, 2.45) is 0 Å². The third-order valence-corrected chi connectivity index (χ3v) is 9.07. The van der Waals surface area contributed by atoms with Crippen molar-refractivity contribution in [1.29, 1.82) is 0 Å². The summed E-state index contributed by atoms with van der Waals surface area (Å²) in [6, 6.07) is 59.5. The minimum atomic E-state index is -1.48. The molecule has 0 heterocycles. The van der Waals surface area contributed by atoms with Gasteiger partial charge in [0.1, 0.15) is 23.4 Å². The number of ether oxygens (including phenoxy) is 2. The Balaban J connectivity index is 1.22. The van der Waals surface area contributed by atoms with E-state index in [0.29, 0.717) is 0 Å². The van der Waals surface area contributed by atoms with Gasteiger partial charge in [0.2, 0.25) is 0 Å². The van der Waals surface area contributed by atoms with Gasteiger partial charge in [0.15, 0.2) is 0 Å². The molecule has 0 saturated carbocycles. The molecule has 5 heteroatoms. The largest absolute Gasteiger partial charge is 0.390 e. The first kappa shape index (κ1) is 34.0. The molecule has 0 aliphatic carbocycles. The molecule has 5 nitrogen and oxygen atoms in total. The van der Waals surface area contributed by atoms with Crippen LogP contribution in [0.5, 0.6) is 0 Å². The highest BCUT2D eigenvalue weighted by molar-refractivity contribution is 5.48. The Morgan fingerprint density at radius 3 is 0.918 bits per heavy atom. The third kappa shape index (κ3) is 7.27. The Hall–Kier alpha value is -4.88. The average Bonchev–Trinajstić information content (AvgIpc) is 3.18. The standard InChI is InChI=1S/C44H42O5/c45-40(31-32-48-43(34-19-7-1-8-20-34,35-21-9-2-10-22-35)36-23-11-3-12-24-36)42(47)41(46)33-49-44(37-25-13-4-14-26-37,38-27-15-5-16-28-38)39-29-17-6-18-30-39/h1-30,40-42,45-47H,31-33H2. The highest BCUT2D eigenvalue weighted by Gasteiger charge is 2.40. The normalized spacial score (nSPS) is 13.8. The lowest BCUT2D eigenvalue weighted by atomic mass is 9.80. The fraction of sp³-hybridized carbons (Fsp3) is 0.182. The third-order valence-electron chi connectivity index (χ3n) is 9.07. The van der Waals surface area contributed by atoms with Gasteiger partial charge in [0, 0.05) is 0 Å². The van der Waals surface area contributed by atoms with E-state index in [-0.39, 0.29) is 19.6 Å². The summed E-state index contributed by atoms with van der Waals surface area (Å²) in [5.74, 6) is 0. The van der Waals surface area contributed by atoms with Gasteiger partial charge in [-0.15, -0.1) is 0 Å². The van der Waals surface area contributed by atoms with Crippen molar-refractivity contribution < 1.29 is 24.8 Å². The molecule has 0 radical (unpaired) electrons. The van der Waals surface area contributed by atoms with Crippen molar-refractivity contribution >= 4 is 0 Å². The Bertz CT molecular complexity index is 1620. The van der Waals surface area contributed by atoms with E-state index < -0.39 is 29.5 Å². The monoisotopic (exact) mass is 650 g/mol.